The second-order valence-corrected chi connectivity index (χ2v) is 5.23. The molecule has 1 aromatic rings. The highest BCUT2D eigenvalue weighted by Crippen LogP contribution is 2.20. The summed E-state index contributed by atoms with van der Waals surface area (Å²) >= 11 is 8.69. The van der Waals surface area contributed by atoms with Crippen LogP contribution in [0.4, 0.5) is 0 Å². The van der Waals surface area contributed by atoms with E-state index in [1.807, 2.05) is 29.2 Å². The van der Waals surface area contributed by atoms with Crippen molar-refractivity contribution in [3.63, 3.8) is 0 Å². The monoisotopic (exact) mass is 315 g/mol. The summed E-state index contributed by atoms with van der Waals surface area (Å²) in [5.41, 5.74) is 0.824. The molecule has 1 saturated heterocycles. The standard InChI is InChI=1S/C12H14BrNO2S/c13-10-3-1-9(2-4-10)11(15)12(17)14-5-7-16-8-6-14/h1-4,11,15H,5-8H2. The minimum atomic E-state index is -0.712. The molecule has 0 aliphatic carbocycles. The van der Waals surface area contributed by atoms with Crippen LogP contribution in [0.3, 0.4) is 0 Å². The van der Waals surface area contributed by atoms with Crippen molar-refractivity contribution >= 4 is 33.1 Å². The lowest BCUT2D eigenvalue weighted by Gasteiger charge is -2.31. The van der Waals surface area contributed by atoms with Gasteiger partial charge >= 0.3 is 0 Å². The Labute approximate surface area is 115 Å². The van der Waals surface area contributed by atoms with E-state index in [9.17, 15) is 5.11 Å². The smallest absolute Gasteiger partial charge is 0.129 e. The molecule has 0 saturated carbocycles. The van der Waals surface area contributed by atoms with E-state index >= 15 is 0 Å². The first kappa shape index (κ1) is 13.0. The van der Waals surface area contributed by atoms with E-state index in [2.05, 4.69) is 15.9 Å². The van der Waals surface area contributed by atoms with Crippen LogP contribution in [0.1, 0.15) is 11.7 Å². The molecule has 3 nitrogen and oxygen atoms in total. The first-order valence-corrected chi connectivity index (χ1v) is 6.68. The van der Waals surface area contributed by atoms with Gasteiger partial charge in [0.25, 0.3) is 0 Å². The maximum atomic E-state index is 10.2. The molecule has 0 radical (unpaired) electrons. The van der Waals surface area contributed by atoms with Gasteiger partial charge in [-0.2, -0.15) is 0 Å². The Balaban J connectivity index is 2.05. The molecule has 92 valence electrons. The minimum Gasteiger partial charge on any atom is -0.381 e. The predicted molar refractivity (Wildman–Crippen MR) is 74.1 cm³/mol. The Hall–Kier alpha value is -0.490. The highest BCUT2D eigenvalue weighted by atomic mass is 79.9. The van der Waals surface area contributed by atoms with Crippen LogP contribution in [0.25, 0.3) is 0 Å². The van der Waals surface area contributed by atoms with Crippen molar-refractivity contribution in [2.24, 2.45) is 0 Å². The van der Waals surface area contributed by atoms with E-state index in [0.717, 1.165) is 23.1 Å². The zero-order chi connectivity index (χ0) is 12.3. The van der Waals surface area contributed by atoms with Gasteiger partial charge in [-0.1, -0.05) is 40.3 Å². The molecule has 1 heterocycles. The molecule has 5 heteroatoms. The summed E-state index contributed by atoms with van der Waals surface area (Å²) in [5, 5.41) is 10.2. The van der Waals surface area contributed by atoms with Crippen LogP contribution in [0, 0.1) is 0 Å². The van der Waals surface area contributed by atoms with Gasteiger partial charge in [0, 0.05) is 17.6 Å². The average molecular weight is 316 g/mol. The summed E-state index contributed by atoms with van der Waals surface area (Å²) in [4.78, 5) is 2.58. The van der Waals surface area contributed by atoms with Crippen LogP contribution in [-0.4, -0.2) is 41.3 Å². The molecule has 1 aromatic carbocycles. The topological polar surface area (TPSA) is 32.7 Å². The van der Waals surface area contributed by atoms with Crippen molar-refractivity contribution in [2.45, 2.75) is 6.10 Å². The van der Waals surface area contributed by atoms with Gasteiger partial charge in [0.05, 0.1) is 13.2 Å². The number of ether oxygens (including phenoxy) is 1. The number of rotatable bonds is 2. The third-order valence-corrected chi connectivity index (χ3v) is 3.75. The number of halogens is 1. The molecule has 1 N–H and O–H groups in total. The Morgan fingerprint density at radius 3 is 2.47 bits per heavy atom. The summed E-state index contributed by atoms with van der Waals surface area (Å²) in [6.45, 7) is 2.86. The van der Waals surface area contributed by atoms with Gasteiger partial charge in [0.15, 0.2) is 0 Å². The number of benzene rings is 1. The molecular formula is C12H14BrNO2S. The summed E-state index contributed by atoms with van der Waals surface area (Å²) in [6, 6.07) is 7.56. The molecule has 1 aliphatic heterocycles. The fourth-order valence-corrected chi connectivity index (χ4v) is 2.33. The molecule has 0 spiro atoms. The Kier molecular flexibility index (Phi) is 4.50. The van der Waals surface area contributed by atoms with Gasteiger partial charge in [-0.3, -0.25) is 0 Å². The van der Waals surface area contributed by atoms with Crippen molar-refractivity contribution in [1.29, 1.82) is 0 Å². The predicted octanol–water partition coefficient (Wildman–Crippen LogP) is 2.14. The average Bonchev–Trinajstić information content (AvgIpc) is 2.39. The van der Waals surface area contributed by atoms with Gasteiger partial charge in [-0.25, -0.2) is 0 Å². The van der Waals surface area contributed by atoms with E-state index in [4.69, 9.17) is 17.0 Å². The van der Waals surface area contributed by atoms with Crippen LogP contribution in [-0.2, 0) is 4.74 Å². The molecule has 2 rings (SSSR count). The molecule has 0 bridgehead atoms. The van der Waals surface area contributed by atoms with E-state index in [1.165, 1.54) is 0 Å². The molecule has 1 unspecified atom stereocenters. The molecule has 0 amide bonds. The Morgan fingerprint density at radius 2 is 1.88 bits per heavy atom. The highest BCUT2D eigenvalue weighted by molar-refractivity contribution is 9.10. The number of hydrogen-bond acceptors (Lipinski definition) is 3. The van der Waals surface area contributed by atoms with Crippen molar-refractivity contribution in [3.8, 4) is 0 Å². The van der Waals surface area contributed by atoms with Crippen LogP contribution >= 0.6 is 28.1 Å². The van der Waals surface area contributed by atoms with Gasteiger partial charge in [-0.05, 0) is 17.7 Å². The van der Waals surface area contributed by atoms with E-state index in [0.29, 0.717) is 18.2 Å². The molecule has 0 aromatic heterocycles. The quantitative estimate of drug-likeness (QED) is 0.848. The SMILES string of the molecule is OC(C(=S)N1CCOCC1)c1ccc(Br)cc1. The lowest BCUT2D eigenvalue weighted by molar-refractivity contribution is 0.0638. The first-order valence-electron chi connectivity index (χ1n) is 5.48. The fraction of sp³-hybridized carbons (Fsp3) is 0.417. The summed E-state index contributed by atoms with van der Waals surface area (Å²) < 4.78 is 6.25. The lowest BCUT2D eigenvalue weighted by Crippen LogP contribution is -2.42. The summed E-state index contributed by atoms with van der Waals surface area (Å²) in [5.74, 6) is 0. The van der Waals surface area contributed by atoms with Gasteiger partial charge < -0.3 is 14.7 Å². The largest absolute Gasteiger partial charge is 0.381 e. The molecule has 1 fully saturated rings. The van der Waals surface area contributed by atoms with Crippen LogP contribution in [0.5, 0.6) is 0 Å². The highest BCUT2D eigenvalue weighted by Gasteiger charge is 2.21. The Bertz CT molecular complexity index is 390. The zero-order valence-electron chi connectivity index (χ0n) is 9.30. The summed E-state index contributed by atoms with van der Waals surface area (Å²) in [6.07, 6.45) is -0.712. The van der Waals surface area contributed by atoms with Crippen molar-refractivity contribution in [2.75, 3.05) is 26.3 Å². The van der Waals surface area contributed by atoms with Crippen molar-refractivity contribution < 1.29 is 9.84 Å². The molecule has 17 heavy (non-hydrogen) atoms. The van der Waals surface area contributed by atoms with E-state index in [-0.39, 0.29) is 0 Å². The number of hydrogen-bond donors (Lipinski definition) is 1. The van der Waals surface area contributed by atoms with Gasteiger partial charge in [-0.15, -0.1) is 0 Å². The first-order chi connectivity index (χ1) is 8.18. The number of morpholine rings is 1. The Morgan fingerprint density at radius 1 is 1.29 bits per heavy atom. The number of thiocarbonyl (C=S) groups is 1. The molecular weight excluding hydrogens is 302 g/mol. The number of aliphatic hydroxyl groups is 1. The van der Waals surface area contributed by atoms with Crippen LogP contribution in [0.2, 0.25) is 0 Å². The minimum absolute atomic E-state index is 0.579. The maximum Gasteiger partial charge on any atom is 0.129 e. The normalized spacial score (nSPS) is 17.9. The maximum absolute atomic E-state index is 10.2. The zero-order valence-corrected chi connectivity index (χ0v) is 11.7. The van der Waals surface area contributed by atoms with Gasteiger partial charge in [0.2, 0.25) is 0 Å². The van der Waals surface area contributed by atoms with Crippen molar-refractivity contribution in [3.05, 3.63) is 34.3 Å². The van der Waals surface area contributed by atoms with Crippen LogP contribution in [0.15, 0.2) is 28.7 Å². The number of nitrogens with zero attached hydrogens (tertiary/aromatic N) is 1. The van der Waals surface area contributed by atoms with E-state index < -0.39 is 6.10 Å². The number of aliphatic hydroxyl groups excluding tert-OH is 1. The van der Waals surface area contributed by atoms with Gasteiger partial charge in [0.1, 0.15) is 11.1 Å². The lowest BCUT2D eigenvalue weighted by atomic mass is 10.1. The van der Waals surface area contributed by atoms with Crippen LogP contribution < -0.4 is 0 Å². The second-order valence-electron chi connectivity index (χ2n) is 3.89. The molecule has 1 aliphatic rings. The van der Waals surface area contributed by atoms with Crippen molar-refractivity contribution in [1.82, 2.24) is 4.90 Å². The summed E-state index contributed by atoms with van der Waals surface area (Å²) in [7, 11) is 0. The van der Waals surface area contributed by atoms with E-state index in [1.54, 1.807) is 0 Å². The third kappa shape index (κ3) is 3.25. The second kappa shape index (κ2) is 5.91. The molecule has 1 atom stereocenters. The third-order valence-electron chi connectivity index (χ3n) is 2.74. The fourth-order valence-electron chi connectivity index (χ4n) is 1.74.